The highest BCUT2D eigenvalue weighted by Gasteiger charge is 2.30. The molecule has 1 saturated heterocycles. The van der Waals surface area contributed by atoms with Gasteiger partial charge in [-0.15, -0.1) is 24.8 Å². The van der Waals surface area contributed by atoms with Gasteiger partial charge >= 0.3 is 0 Å². The van der Waals surface area contributed by atoms with E-state index in [9.17, 15) is 9.18 Å². The molecule has 10 heteroatoms. The maximum Gasteiger partial charge on any atom is 0.256 e. The number of aromatic nitrogens is 1. The number of hydrogen-bond donors (Lipinski definition) is 2. The Morgan fingerprint density at radius 2 is 1.80 bits per heavy atom. The predicted octanol–water partition coefficient (Wildman–Crippen LogP) is 6.59. The number of rotatable bonds is 8. The number of likely N-dealkylation sites (tertiary alicyclic amines) is 1. The summed E-state index contributed by atoms with van der Waals surface area (Å²) < 4.78 is 21.1. The van der Waals surface area contributed by atoms with Crippen LogP contribution in [-0.4, -0.2) is 48.1 Å². The standard InChI is InChI=1S/C34H32FN5O2.2ClH/c35-29-13-12-26(18-28(29)34(41)40-16-4-5-17-40)27-19-30-33(39-21-27)42-31(22-38-30)32(25-6-2-1-3-7-25)37-15-14-23-8-10-24(20-36)11-9-23;;/h1-3,6-13,18-19,21,31-32,37-38H,4-5,14-17,22H2;2*1H/t31-,32+;;/m0../s1. The van der Waals surface area contributed by atoms with Crippen LogP contribution < -0.4 is 15.4 Å². The largest absolute Gasteiger partial charge is 0.469 e. The summed E-state index contributed by atoms with van der Waals surface area (Å²) in [4.78, 5) is 19.2. The van der Waals surface area contributed by atoms with Gasteiger partial charge in [0.2, 0.25) is 5.88 Å². The average molecular weight is 635 g/mol. The number of pyridine rings is 1. The summed E-state index contributed by atoms with van der Waals surface area (Å²) >= 11 is 0. The van der Waals surface area contributed by atoms with Crippen LogP contribution in [0, 0.1) is 17.1 Å². The van der Waals surface area contributed by atoms with E-state index in [1.54, 1.807) is 23.2 Å². The molecule has 0 saturated carbocycles. The molecule has 4 aromatic rings. The summed E-state index contributed by atoms with van der Waals surface area (Å²) in [7, 11) is 0. The molecule has 3 aromatic carbocycles. The molecule has 44 heavy (non-hydrogen) atoms. The quantitative estimate of drug-likeness (QED) is 0.228. The highest BCUT2D eigenvalue weighted by atomic mass is 35.5. The lowest BCUT2D eigenvalue weighted by molar-refractivity contribution is 0.0788. The molecule has 0 aliphatic carbocycles. The number of carbonyl (C=O) groups excluding carboxylic acids is 1. The van der Waals surface area contributed by atoms with Crippen LogP contribution in [0.5, 0.6) is 5.88 Å². The molecule has 1 amide bonds. The van der Waals surface area contributed by atoms with Crippen LogP contribution in [0.1, 0.15) is 45.9 Å². The van der Waals surface area contributed by atoms with Gasteiger partial charge in [-0.2, -0.15) is 5.26 Å². The van der Waals surface area contributed by atoms with Crippen molar-refractivity contribution in [1.29, 1.82) is 5.26 Å². The van der Waals surface area contributed by atoms with Crippen LogP contribution in [0.2, 0.25) is 0 Å². The Kier molecular flexibility index (Phi) is 11.2. The van der Waals surface area contributed by atoms with E-state index in [-0.39, 0.29) is 48.4 Å². The van der Waals surface area contributed by atoms with Crippen LogP contribution >= 0.6 is 24.8 Å². The van der Waals surface area contributed by atoms with Crippen LogP contribution in [-0.2, 0) is 6.42 Å². The smallest absolute Gasteiger partial charge is 0.256 e. The van der Waals surface area contributed by atoms with Gasteiger partial charge in [-0.05, 0) is 72.8 Å². The van der Waals surface area contributed by atoms with E-state index < -0.39 is 5.82 Å². The van der Waals surface area contributed by atoms with E-state index in [1.807, 2.05) is 48.5 Å². The number of amides is 1. The van der Waals surface area contributed by atoms with E-state index in [1.165, 1.54) is 6.07 Å². The van der Waals surface area contributed by atoms with Gasteiger partial charge in [0.1, 0.15) is 11.9 Å². The number of halogens is 3. The van der Waals surface area contributed by atoms with Crippen molar-refractivity contribution in [3.8, 4) is 23.1 Å². The highest BCUT2D eigenvalue weighted by molar-refractivity contribution is 5.96. The molecule has 6 rings (SSSR count). The second kappa shape index (κ2) is 15.0. The molecule has 0 radical (unpaired) electrons. The zero-order valence-corrected chi connectivity index (χ0v) is 25.7. The number of anilines is 1. The second-order valence-electron chi connectivity index (χ2n) is 10.7. The topological polar surface area (TPSA) is 90.3 Å². The zero-order chi connectivity index (χ0) is 28.9. The van der Waals surface area contributed by atoms with Crippen molar-refractivity contribution in [3.05, 3.63) is 113 Å². The van der Waals surface area contributed by atoms with Gasteiger partial charge in [-0.25, -0.2) is 9.37 Å². The van der Waals surface area contributed by atoms with Gasteiger partial charge in [0.05, 0.1) is 35.5 Å². The first kappa shape index (κ1) is 32.7. The Morgan fingerprint density at radius 3 is 2.52 bits per heavy atom. The van der Waals surface area contributed by atoms with Crippen LogP contribution in [0.4, 0.5) is 10.1 Å². The number of nitrogens with one attached hydrogen (secondary N) is 2. The molecule has 2 aliphatic heterocycles. The molecular formula is C34H34Cl2FN5O2. The minimum Gasteiger partial charge on any atom is -0.469 e. The first-order valence-electron chi connectivity index (χ1n) is 14.4. The summed E-state index contributed by atoms with van der Waals surface area (Å²) in [6.07, 6.45) is 4.21. The fourth-order valence-electron chi connectivity index (χ4n) is 5.61. The molecule has 2 N–H and O–H groups in total. The summed E-state index contributed by atoms with van der Waals surface area (Å²) in [5.41, 5.74) is 5.27. The van der Waals surface area contributed by atoms with Crippen LogP contribution in [0.15, 0.2) is 85.1 Å². The van der Waals surface area contributed by atoms with Crippen molar-refractivity contribution in [2.75, 3.05) is 31.5 Å². The van der Waals surface area contributed by atoms with E-state index >= 15 is 0 Å². The molecule has 1 fully saturated rings. The highest BCUT2D eigenvalue weighted by Crippen LogP contribution is 2.35. The lowest BCUT2D eigenvalue weighted by Crippen LogP contribution is -2.43. The van der Waals surface area contributed by atoms with Crippen molar-refractivity contribution >= 4 is 36.4 Å². The average Bonchev–Trinajstić information content (AvgIpc) is 3.59. The Balaban J connectivity index is 0.00000221. The zero-order valence-electron chi connectivity index (χ0n) is 24.0. The molecular weight excluding hydrogens is 600 g/mol. The van der Waals surface area contributed by atoms with E-state index in [0.29, 0.717) is 31.1 Å². The fraction of sp³-hybridized carbons (Fsp3) is 0.265. The number of hydrogen-bond acceptors (Lipinski definition) is 6. The van der Waals surface area contributed by atoms with Crippen LogP contribution in [0.3, 0.4) is 0 Å². The SMILES string of the molecule is Cl.Cl.N#Cc1ccc(CCN[C@H](c2ccccc2)[C@@H]2CNc3cc(-c4ccc(F)c(C(=O)N5CCCC5)c4)cnc3O2)cc1. The van der Waals surface area contributed by atoms with Crippen molar-refractivity contribution < 1.29 is 13.9 Å². The normalized spacial score (nSPS) is 15.8. The Hall–Kier alpha value is -4.16. The molecule has 0 bridgehead atoms. The number of benzene rings is 3. The van der Waals surface area contributed by atoms with E-state index in [2.05, 4.69) is 33.8 Å². The number of nitriles is 1. The second-order valence-corrected chi connectivity index (χ2v) is 10.7. The van der Waals surface area contributed by atoms with Gasteiger partial charge < -0.3 is 20.3 Å². The lowest BCUT2D eigenvalue weighted by Gasteiger charge is -2.33. The van der Waals surface area contributed by atoms with E-state index in [4.69, 9.17) is 10.00 Å². The molecule has 0 unspecified atom stereocenters. The van der Waals surface area contributed by atoms with Crippen molar-refractivity contribution in [2.45, 2.75) is 31.4 Å². The van der Waals surface area contributed by atoms with Gasteiger partial charge in [0.25, 0.3) is 5.91 Å². The van der Waals surface area contributed by atoms with Crippen LogP contribution in [0.25, 0.3) is 11.1 Å². The number of fused-ring (bicyclic) bond motifs is 1. The minimum absolute atomic E-state index is 0. The van der Waals surface area contributed by atoms with Gasteiger partial charge in [-0.1, -0.05) is 48.5 Å². The molecule has 7 nitrogen and oxygen atoms in total. The summed E-state index contributed by atoms with van der Waals surface area (Å²) in [5, 5.41) is 16.2. The maximum absolute atomic E-state index is 14.6. The van der Waals surface area contributed by atoms with Crippen molar-refractivity contribution in [2.24, 2.45) is 0 Å². The van der Waals surface area contributed by atoms with Crippen molar-refractivity contribution in [3.63, 3.8) is 0 Å². The number of carbonyl (C=O) groups is 1. The molecule has 1 aromatic heterocycles. The van der Waals surface area contributed by atoms with Gasteiger partial charge in [0.15, 0.2) is 0 Å². The van der Waals surface area contributed by atoms with Gasteiger partial charge in [0, 0.05) is 24.8 Å². The molecule has 228 valence electrons. The third kappa shape index (κ3) is 7.31. The molecule has 2 aliphatic rings. The summed E-state index contributed by atoms with van der Waals surface area (Å²) in [6, 6.07) is 26.5. The summed E-state index contributed by atoms with van der Waals surface area (Å²) in [6.45, 7) is 2.62. The third-order valence-corrected chi connectivity index (χ3v) is 7.92. The Labute approximate surface area is 269 Å². The summed E-state index contributed by atoms with van der Waals surface area (Å²) in [5.74, 6) is -0.273. The van der Waals surface area contributed by atoms with Crippen molar-refractivity contribution in [1.82, 2.24) is 15.2 Å². The monoisotopic (exact) mass is 633 g/mol. The third-order valence-electron chi connectivity index (χ3n) is 7.92. The van der Waals surface area contributed by atoms with Gasteiger partial charge in [-0.3, -0.25) is 4.79 Å². The lowest BCUT2D eigenvalue weighted by atomic mass is 9.99. The van der Waals surface area contributed by atoms with E-state index in [0.717, 1.165) is 53.7 Å². The predicted molar refractivity (Wildman–Crippen MR) is 174 cm³/mol. The first-order chi connectivity index (χ1) is 20.6. The maximum atomic E-state index is 14.6. The molecule has 2 atom stereocenters. The Morgan fingerprint density at radius 1 is 1.05 bits per heavy atom. The number of ether oxygens (including phenoxy) is 1. The minimum atomic E-state index is -0.510. The Bertz CT molecular complexity index is 1610. The molecule has 3 heterocycles. The number of nitrogens with zero attached hydrogens (tertiary/aromatic N) is 3. The fourth-order valence-corrected chi connectivity index (χ4v) is 5.61. The first-order valence-corrected chi connectivity index (χ1v) is 14.4. The molecule has 0 spiro atoms.